The Labute approximate surface area is 58.6 Å². The molecule has 0 aliphatic heterocycles. The van der Waals surface area contributed by atoms with Crippen molar-refractivity contribution in [2.45, 2.75) is 19.3 Å². The summed E-state index contributed by atoms with van der Waals surface area (Å²) in [5.74, 6) is -0.791. The number of carboxylic acid groups (broad SMARTS) is 1. The minimum atomic E-state index is -0.791. The van der Waals surface area contributed by atoms with Crippen LogP contribution >= 0.6 is 0 Å². The number of unbranched alkanes of at least 4 members (excludes halogenated alkanes) is 1. The summed E-state index contributed by atoms with van der Waals surface area (Å²) >= 11 is 0. The lowest BCUT2D eigenvalue weighted by Gasteiger charge is -1.89. The molecule has 0 saturated heterocycles. The first-order chi connectivity index (χ1) is 4.77. The van der Waals surface area contributed by atoms with Gasteiger partial charge < -0.3 is 5.11 Å². The second-order valence-electron chi connectivity index (χ2n) is 1.86. The van der Waals surface area contributed by atoms with Gasteiger partial charge >= 0.3 is 11.1 Å². The van der Waals surface area contributed by atoms with E-state index in [0.29, 0.717) is 19.4 Å². The molecule has 0 aromatic heterocycles. The smallest absolute Gasteiger partial charge is 0.303 e. The number of carboxylic acids is 1. The van der Waals surface area contributed by atoms with Crippen molar-refractivity contribution in [3.05, 3.63) is 5.08 Å². The maximum absolute atomic E-state index is 9.94. The topological polar surface area (TPSA) is 77.5 Å². The number of diazo groups is 1. The van der Waals surface area contributed by atoms with Crippen LogP contribution in [0.25, 0.3) is 5.08 Å². The highest BCUT2D eigenvalue weighted by Gasteiger charge is 1.96. The molecule has 5 heteroatoms. The van der Waals surface area contributed by atoms with E-state index in [1.165, 1.54) is 0 Å². The van der Waals surface area contributed by atoms with Gasteiger partial charge in [0.05, 0.1) is 6.54 Å². The van der Waals surface area contributed by atoms with Gasteiger partial charge in [0, 0.05) is 6.42 Å². The molecule has 56 valence electrons. The van der Waals surface area contributed by atoms with Crippen molar-refractivity contribution in [3.8, 4) is 0 Å². The number of carbonyl (C=O) groups is 1. The van der Waals surface area contributed by atoms with Crippen molar-refractivity contribution in [1.82, 2.24) is 5.43 Å². The molecule has 0 saturated carbocycles. The molecule has 0 spiro atoms. The summed E-state index contributed by atoms with van der Waals surface area (Å²) in [6, 6.07) is 0. The Morgan fingerprint density at radius 3 is 2.80 bits per heavy atom. The van der Waals surface area contributed by atoms with Crippen LogP contribution in [-0.4, -0.2) is 17.6 Å². The summed E-state index contributed by atoms with van der Waals surface area (Å²) in [5, 5.41) is 18.7. The van der Waals surface area contributed by atoms with Crippen LogP contribution in [0.3, 0.4) is 0 Å². The number of aliphatic carboxylic acids is 1. The molecular formula is C5H10N3O2+. The number of hydrogen-bond donors (Lipinski definition) is 2. The largest absolute Gasteiger partial charge is 0.481 e. The molecule has 0 radical (unpaired) electrons. The summed E-state index contributed by atoms with van der Waals surface area (Å²) in [6.07, 6.45) is 1.49. The first kappa shape index (κ1) is 8.69. The summed E-state index contributed by atoms with van der Waals surface area (Å²) in [7, 11) is 0. The summed E-state index contributed by atoms with van der Waals surface area (Å²) < 4.78 is 0. The fourth-order valence-corrected chi connectivity index (χ4v) is 0.530. The number of nitrogens with zero attached hydrogens (tertiary/aromatic N) is 2. The van der Waals surface area contributed by atoms with Gasteiger partial charge in [-0.2, -0.15) is 0 Å². The molecule has 0 amide bonds. The first-order valence-electron chi connectivity index (χ1n) is 3.06. The van der Waals surface area contributed by atoms with Crippen molar-refractivity contribution in [1.29, 1.82) is 5.39 Å². The fraction of sp³-hybridized carbons (Fsp3) is 0.800. The van der Waals surface area contributed by atoms with Crippen molar-refractivity contribution in [2.75, 3.05) is 6.54 Å². The van der Waals surface area contributed by atoms with E-state index in [1.807, 2.05) is 0 Å². The average molecular weight is 144 g/mol. The minimum Gasteiger partial charge on any atom is -0.481 e. The van der Waals surface area contributed by atoms with Gasteiger partial charge in [-0.1, -0.05) is 0 Å². The maximum atomic E-state index is 9.94. The standard InChI is InChI=1S/C5H9N3O2/c6-8-7-4-2-1-3-5(9)10/h7H,1-4H2/p+1. The predicted molar refractivity (Wildman–Crippen MR) is 34.6 cm³/mol. The van der Waals surface area contributed by atoms with E-state index in [0.717, 1.165) is 0 Å². The van der Waals surface area contributed by atoms with E-state index in [1.54, 1.807) is 0 Å². The fourth-order valence-electron chi connectivity index (χ4n) is 0.530. The Bertz CT molecular complexity index is 140. The van der Waals surface area contributed by atoms with E-state index in [2.05, 4.69) is 10.5 Å². The molecule has 0 aliphatic rings. The monoisotopic (exact) mass is 144 g/mol. The van der Waals surface area contributed by atoms with Crippen molar-refractivity contribution < 1.29 is 9.90 Å². The van der Waals surface area contributed by atoms with Crippen molar-refractivity contribution >= 4 is 5.97 Å². The number of hydrogen-bond acceptors (Lipinski definition) is 3. The van der Waals surface area contributed by atoms with Gasteiger partial charge in [-0.25, -0.2) is 0 Å². The second kappa shape index (κ2) is 5.82. The Balaban J connectivity index is 2.92. The average Bonchev–Trinajstić information content (AvgIpc) is 1.87. The van der Waals surface area contributed by atoms with E-state index < -0.39 is 5.97 Å². The van der Waals surface area contributed by atoms with Crippen LogP contribution in [0.15, 0.2) is 0 Å². The third kappa shape index (κ3) is 6.69. The van der Waals surface area contributed by atoms with Gasteiger partial charge in [0.1, 0.15) is 0 Å². The van der Waals surface area contributed by atoms with E-state index in [9.17, 15) is 4.79 Å². The molecule has 5 nitrogen and oxygen atoms in total. The summed E-state index contributed by atoms with van der Waals surface area (Å²) in [4.78, 5) is 9.94. The quantitative estimate of drug-likeness (QED) is 0.336. The molecule has 0 bridgehead atoms. The lowest BCUT2D eigenvalue weighted by Crippen LogP contribution is -2.05. The molecule has 0 atom stereocenters. The highest BCUT2D eigenvalue weighted by Crippen LogP contribution is 1.92. The molecule has 0 aromatic carbocycles. The Morgan fingerprint density at radius 2 is 2.30 bits per heavy atom. The molecule has 10 heavy (non-hydrogen) atoms. The lowest BCUT2D eigenvalue weighted by atomic mass is 10.2. The SMILES string of the molecule is N#[N+]NCCCCC(=O)O. The highest BCUT2D eigenvalue weighted by atomic mass is 16.4. The van der Waals surface area contributed by atoms with Crippen LogP contribution in [0.4, 0.5) is 0 Å². The molecule has 2 N–H and O–H groups in total. The number of nitrogens with one attached hydrogen (secondary N) is 1. The van der Waals surface area contributed by atoms with E-state index in [-0.39, 0.29) is 6.42 Å². The van der Waals surface area contributed by atoms with E-state index in [4.69, 9.17) is 10.5 Å². The Kier molecular flexibility index (Phi) is 5.06. The summed E-state index contributed by atoms with van der Waals surface area (Å²) in [6.45, 7) is 0.518. The zero-order valence-corrected chi connectivity index (χ0v) is 5.58. The van der Waals surface area contributed by atoms with Crippen LogP contribution in [-0.2, 0) is 4.79 Å². The molecule has 0 rings (SSSR count). The molecule has 0 fully saturated rings. The normalized spacial score (nSPS) is 8.30. The molecule has 0 aromatic rings. The lowest BCUT2D eigenvalue weighted by molar-refractivity contribution is -0.137. The van der Waals surface area contributed by atoms with Gasteiger partial charge in [-0.3, -0.25) is 4.79 Å². The van der Waals surface area contributed by atoms with Gasteiger partial charge in [0.25, 0.3) is 5.39 Å². The minimum absolute atomic E-state index is 0.174. The molecule has 0 heterocycles. The number of rotatable bonds is 5. The van der Waals surface area contributed by atoms with Crippen LogP contribution in [0.5, 0.6) is 0 Å². The third-order valence-electron chi connectivity index (χ3n) is 1.000. The van der Waals surface area contributed by atoms with Gasteiger partial charge in [0.2, 0.25) is 0 Å². The van der Waals surface area contributed by atoms with Gasteiger partial charge in [0.15, 0.2) is 0 Å². The second-order valence-corrected chi connectivity index (χ2v) is 1.86. The maximum Gasteiger partial charge on any atom is 0.303 e. The van der Waals surface area contributed by atoms with Crippen molar-refractivity contribution in [3.63, 3.8) is 0 Å². The first-order valence-corrected chi connectivity index (χ1v) is 3.06. The van der Waals surface area contributed by atoms with Gasteiger partial charge in [-0.15, -0.1) is 0 Å². The van der Waals surface area contributed by atoms with Gasteiger partial charge in [-0.05, 0) is 18.3 Å². The summed E-state index contributed by atoms with van der Waals surface area (Å²) in [5.41, 5.74) is 2.31. The molecular weight excluding hydrogens is 134 g/mol. The molecule has 0 aliphatic carbocycles. The Morgan fingerprint density at radius 1 is 1.60 bits per heavy atom. The van der Waals surface area contributed by atoms with Crippen LogP contribution in [0.1, 0.15) is 19.3 Å². The zero-order chi connectivity index (χ0) is 7.82. The highest BCUT2D eigenvalue weighted by molar-refractivity contribution is 5.66. The third-order valence-corrected chi connectivity index (χ3v) is 1.000. The van der Waals surface area contributed by atoms with Crippen LogP contribution in [0.2, 0.25) is 0 Å². The molecule has 0 unspecified atom stereocenters. The zero-order valence-electron chi connectivity index (χ0n) is 5.58. The predicted octanol–water partition coefficient (Wildman–Crippen LogP) is 0.599. The van der Waals surface area contributed by atoms with Crippen molar-refractivity contribution in [2.24, 2.45) is 0 Å². The Hall–Kier alpha value is -1.31. The van der Waals surface area contributed by atoms with Crippen LogP contribution in [0, 0.1) is 5.39 Å². The van der Waals surface area contributed by atoms with E-state index >= 15 is 0 Å². The van der Waals surface area contributed by atoms with Crippen LogP contribution < -0.4 is 5.43 Å².